The van der Waals surface area contributed by atoms with Gasteiger partial charge in [-0.2, -0.15) is 0 Å². The molecule has 0 spiro atoms. The number of amides is 2. The summed E-state index contributed by atoms with van der Waals surface area (Å²) in [6, 6.07) is 9.51. The number of para-hydroxylation sites is 1. The number of hydrogen-bond donors (Lipinski definition) is 2. The van der Waals surface area contributed by atoms with E-state index < -0.39 is 28.7 Å². The smallest absolute Gasteiger partial charge is 0.279 e. The van der Waals surface area contributed by atoms with Crippen LogP contribution in [0.1, 0.15) is 22.8 Å². The maximum atomic E-state index is 13.5. The van der Waals surface area contributed by atoms with Gasteiger partial charge in [-0.15, -0.1) is 0 Å². The van der Waals surface area contributed by atoms with Crippen LogP contribution in [0.2, 0.25) is 0 Å². The zero-order chi connectivity index (χ0) is 19.3. The summed E-state index contributed by atoms with van der Waals surface area (Å²) >= 11 is 0. The minimum Gasteiger partial charge on any atom is -0.478 e. The molecular weight excluding hydrogens is 345 g/mol. The van der Waals surface area contributed by atoms with E-state index in [1.807, 2.05) is 0 Å². The number of nitrogens with zero attached hydrogens (tertiary/aromatic N) is 1. The number of hydrogen-bond acceptors (Lipinski definition) is 5. The zero-order valence-corrected chi connectivity index (χ0v) is 14.0. The Bertz CT molecular complexity index is 856. The van der Waals surface area contributed by atoms with Gasteiger partial charge in [-0.3, -0.25) is 30.6 Å². The number of rotatable bonds is 5. The fourth-order valence-electron chi connectivity index (χ4n) is 2.02. The van der Waals surface area contributed by atoms with Gasteiger partial charge in [0.25, 0.3) is 17.5 Å². The molecule has 1 unspecified atom stereocenters. The minimum absolute atomic E-state index is 0.00488. The van der Waals surface area contributed by atoms with Gasteiger partial charge < -0.3 is 4.74 Å². The Labute approximate surface area is 148 Å². The minimum atomic E-state index is -1.08. The van der Waals surface area contributed by atoms with Crippen LogP contribution in [0, 0.1) is 22.9 Å². The summed E-state index contributed by atoms with van der Waals surface area (Å²) < 4.78 is 18.7. The molecule has 0 saturated heterocycles. The summed E-state index contributed by atoms with van der Waals surface area (Å²) in [6.45, 7) is 2.92. The summed E-state index contributed by atoms with van der Waals surface area (Å²) in [5.41, 5.74) is 4.46. The molecule has 0 aliphatic carbocycles. The number of halogens is 1. The molecule has 136 valence electrons. The second-order valence-corrected chi connectivity index (χ2v) is 5.39. The topological polar surface area (TPSA) is 111 Å². The number of hydrazine groups is 1. The lowest BCUT2D eigenvalue weighted by Crippen LogP contribution is -2.47. The number of carbonyl (C=O) groups excluding carboxylic acids is 2. The molecule has 2 N–H and O–H groups in total. The Morgan fingerprint density at radius 3 is 2.54 bits per heavy atom. The number of ether oxygens (including phenoxy) is 1. The summed E-state index contributed by atoms with van der Waals surface area (Å²) in [5, 5.41) is 10.9. The first-order valence-electron chi connectivity index (χ1n) is 7.56. The van der Waals surface area contributed by atoms with E-state index in [-0.39, 0.29) is 17.0 Å². The molecule has 9 heteroatoms. The second kappa shape index (κ2) is 8.06. The predicted molar refractivity (Wildman–Crippen MR) is 89.9 cm³/mol. The van der Waals surface area contributed by atoms with Gasteiger partial charge in [-0.05, 0) is 32.0 Å². The number of nitro groups is 1. The van der Waals surface area contributed by atoms with E-state index in [9.17, 15) is 24.1 Å². The van der Waals surface area contributed by atoms with Gasteiger partial charge in [0, 0.05) is 17.2 Å². The Kier molecular flexibility index (Phi) is 5.84. The van der Waals surface area contributed by atoms with Crippen molar-refractivity contribution in [1.82, 2.24) is 10.9 Å². The normalized spacial score (nSPS) is 11.3. The van der Waals surface area contributed by atoms with E-state index in [2.05, 4.69) is 10.9 Å². The molecule has 2 rings (SSSR count). The average Bonchev–Trinajstić information content (AvgIpc) is 2.61. The van der Waals surface area contributed by atoms with Crippen molar-refractivity contribution >= 4 is 17.5 Å². The van der Waals surface area contributed by atoms with Crippen LogP contribution in [0.5, 0.6) is 5.75 Å². The van der Waals surface area contributed by atoms with Crippen LogP contribution >= 0.6 is 0 Å². The first-order chi connectivity index (χ1) is 12.3. The third-order valence-electron chi connectivity index (χ3n) is 3.48. The van der Waals surface area contributed by atoms with E-state index in [4.69, 9.17) is 4.74 Å². The molecule has 0 aliphatic rings. The molecule has 26 heavy (non-hydrogen) atoms. The third-order valence-corrected chi connectivity index (χ3v) is 3.48. The molecule has 0 bridgehead atoms. The lowest BCUT2D eigenvalue weighted by molar-refractivity contribution is -0.385. The molecule has 2 aromatic rings. The first-order valence-corrected chi connectivity index (χ1v) is 7.56. The lowest BCUT2D eigenvalue weighted by atomic mass is 10.1. The van der Waals surface area contributed by atoms with Gasteiger partial charge in [0.1, 0.15) is 0 Å². The zero-order valence-electron chi connectivity index (χ0n) is 14.0. The molecular formula is C17H16FN3O5. The Morgan fingerprint density at radius 2 is 1.88 bits per heavy atom. The predicted octanol–water partition coefficient (Wildman–Crippen LogP) is 2.27. The van der Waals surface area contributed by atoms with Gasteiger partial charge in [0.2, 0.25) is 0 Å². The second-order valence-electron chi connectivity index (χ2n) is 5.39. The molecule has 0 fully saturated rings. The summed E-state index contributed by atoms with van der Waals surface area (Å²) in [6.07, 6.45) is -1.08. The molecule has 0 radical (unpaired) electrons. The summed E-state index contributed by atoms with van der Waals surface area (Å²) in [5.74, 6) is -2.18. The van der Waals surface area contributed by atoms with E-state index in [1.54, 1.807) is 13.0 Å². The Morgan fingerprint density at radius 1 is 1.19 bits per heavy atom. The molecule has 0 aliphatic heterocycles. The van der Waals surface area contributed by atoms with Crippen LogP contribution in [0.25, 0.3) is 0 Å². The van der Waals surface area contributed by atoms with Crippen LogP contribution in [0.3, 0.4) is 0 Å². The van der Waals surface area contributed by atoms with Crippen molar-refractivity contribution in [2.45, 2.75) is 20.0 Å². The van der Waals surface area contributed by atoms with Crippen molar-refractivity contribution in [2.75, 3.05) is 0 Å². The highest BCUT2D eigenvalue weighted by atomic mass is 19.1. The van der Waals surface area contributed by atoms with Crippen molar-refractivity contribution in [2.24, 2.45) is 0 Å². The van der Waals surface area contributed by atoms with Crippen molar-refractivity contribution in [3.8, 4) is 5.75 Å². The highest BCUT2D eigenvalue weighted by Crippen LogP contribution is 2.19. The number of carbonyl (C=O) groups is 2. The van der Waals surface area contributed by atoms with Crippen LogP contribution in [-0.2, 0) is 4.79 Å². The monoisotopic (exact) mass is 361 g/mol. The Hall–Kier alpha value is -3.49. The molecule has 0 aromatic heterocycles. The number of aryl methyl sites for hydroxylation is 1. The summed E-state index contributed by atoms with van der Waals surface area (Å²) in [7, 11) is 0. The van der Waals surface area contributed by atoms with E-state index in [1.165, 1.54) is 37.3 Å². The maximum absolute atomic E-state index is 13.5. The maximum Gasteiger partial charge on any atom is 0.279 e. The SMILES string of the molecule is Cc1ccc(C(=O)NNC(=O)C(C)Oc2ccccc2F)cc1[N+](=O)[O-]. The third kappa shape index (κ3) is 4.53. The molecule has 0 heterocycles. The van der Waals surface area contributed by atoms with Crippen LogP contribution < -0.4 is 15.6 Å². The molecule has 1 atom stereocenters. The van der Waals surface area contributed by atoms with Crippen molar-refractivity contribution < 1.29 is 23.6 Å². The molecule has 2 aromatic carbocycles. The summed E-state index contributed by atoms with van der Waals surface area (Å²) in [4.78, 5) is 34.3. The molecule has 0 saturated carbocycles. The van der Waals surface area contributed by atoms with E-state index in [0.717, 1.165) is 6.07 Å². The Balaban J connectivity index is 1.96. The van der Waals surface area contributed by atoms with Crippen molar-refractivity contribution in [1.29, 1.82) is 0 Å². The molecule has 2 amide bonds. The standard InChI is InChI=1S/C17H16FN3O5/c1-10-7-8-12(9-14(10)21(24)25)17(23)20-19-16(22)11(2)26-15-6-4-3-5-13(15)18/h3-9,11H,1-2H3,(H,19,22)(H,20,23). The van der Waals surface area contributed by atoms with E-state index in [0.29, 0.717) is 5.56 Å². The van der Waals surface area contributed by atoms with Gasteiger partial charge in [-0.25, -0.2) is 4.39 Å². The van der Waals surface area contributed by atoms with E-state index >= 15 is 0 Å². The molecule has 8 nitrogen and oxygen atoms in total. The highest BCUT2D eigenvalue weighted by molar-refractivity contribution is 5.96. The lowest BCUT2D eigenvalue weighted by Gasteiger charge is -2.15. The van der Waals surface area contributed by atoms with Crippen LogP contribution in [0.15, 0.2) is 42.5 Å². The van der Waals surface area contributed by atoms with Gasteiger partial charge in [0.05, 0.1) is 4.92 Å². The fraction of sp³-hybridized carbons (Fsp3) is 0.176. The number of nitro benzene ring substituents is 1. The van der Waals surface area contributed by atoms with Crippen molar-refractivity contribution in [3.05, 3.63) is 69.5 Å². The fourth-order valence-corrected chi connectivity index (χ4v) is 2.02. The van der Waals surface area contributed by atoms with Crippen LogP contribution in [0.4, 0.5) is 10.1 Å². The van der Waals surface area contributed by atoms with Crippen LogP contribution in [-0.4, -0.2) is 22.8 Å². The largest absolute Gasteiger partial charge is 0.478 e. The highest BCUT2D eigenvalue weighted by Gasteiger charge is 2.19. The van der Waals surface area contributed by atoms with Gasteiger partial charge in [0.15, 0.2) is 17.7 Å². The number of benzene rings is 2. The van der Waals surface area contributed by atoms with Gasteiger partial charge >= 0.3 is 0 Å². The average molecular weight is 361 g/mol. The quantitative estimate of drug-likeness (QED) is 0.627. The van der Waals surface area contributed by atoms with Crippen molar-refractivity contribution in [3.63, 3.8) is 0 Å². The number of nitrogens with one attached hydrogen (secondary N) is 2. The van der Waals surface area contributed by atoms with Gasteiger partial charge in [-0.1, -0.05) is 18.2 Å². The first kappa shape index (κ1) is 18.8.